The van der Waals surface area contributed by atoms with Crippen LogP contribution >= 0.6 is 11.3 Å². The van der Waals surface area contributed by atoms with E-state index < -0.39 is 0 Å². The molecule has 3 heteroatoms. The van der Waals surface area contributed by atoms with E-state index >= 15 is 0 Å². The molecule has 0 unspecified atom stereocenters. The standard InChI is InChI=1S/C11H17NOS/c1-8-9(4-5-14-8)7-12-10-2-3-11(13)6-10/h4-5,10-13H,2-3,6-7H2,1H3/t10-,11+/m0/s1. The van der Waals surface area contributed by atoms with E-state index in [1.165, 1.54) is 10.4 Å². The maximum Gasteiger partial charge on any atom is 0.0555 e. The minimum Gasteiger partial charge on any atom is -0.393 e. The molecule has 14 heavy (non-hydrogen) atoms. The van der Waals surface area contributed by atoms with Gasteiger partial charge >= 0.3 is 0 Å². The van der Waals surface area contributed by atoms with Crippen molar-refractivity contribution >= 4 is 11.3 Å². The van der Waals surface area contributed by atoms with Gasteiger partial charge in [0.25, 0.3) is 0 Å². The van der Waals surface area contributed by atoms with Gasteiger partial charge in [-0.05, 0) is 43.2 Å². The first kappa shape index (κ1) is 10.1. The summed E-state index contributed by atoms with van der Waals surface area (Å²) in [6.07, 6.45) is 2.92. The van der Waals surface area contributed by atoms with Crippen LogP contribution in [0.5, 0.6) is 0 Å². The molecule has 0 saturated heterocycles. The average molecular weight is 211 g/mol. The molecule has 1 aliphatic carbocycles. The van der Waals surface area contributed by atoms with Gasteiger partial charge in [-0.1, -0.05) is 0 Å². The molecule has 78 valence electrons. The molecular formula is C11H17NOS. The van der Waals surface area contributed by atoms with Crippen molar-refractivity contribution in [1.82, 2.24) is 5.32 Å². The van der Waals surface area contributed by atoms with Crippen LogP contribution in [0.2, 0.25) is 0 Å². The lowest BCUT2D eigenvalue weighted by Crippen LogP contribution is -2.26. The normalized spacial score (nSPS) is 27.0. The second kappa shape index (κ2) is 4.43. The first-order chi connectivity index (χ1) is 6.75. The zero-order valence-electron chi connectivity index (χ0n) is 8.49. The molecule has 2 nitrogen and oxygen atoms in total. The third kappa shape index (κ3) is 2.35. The monoisotopic (exact) mass is 211 g/mol. The summed E-state index contributed by atoms with van der Waals surface area (Å²) in [6.45, 7) is 3.11. The molecule has 1 fully saturated rings. The Labute approximate surface area is 89.0 Å². The lowest BCUT2D eigenvalue weighted by Gasteiger charge is -2.11. The van der Waals surface area contributed by atoms with E-state index in [0.717, 1.165) is 25.8 Å². The van der Waals surface area contributed by atoms with Crippen LogP contribution in [0.25, 0.3) is 0 Å². The number of hydrogen-bond acceptors (Lipinski definition) is 3. The number of aliphatic hydroxyl groups is 1. The minimum absolute atomic E-state index is 0.0731. The average Bonchev–Trinajstić information content (AvgIpc) is 2.72. The van der Waals surface area contributed by atoms with Crippen LogP contribution in [0.4, 0.5) is 0 Å². The Balaban J connectivity index is 1.80. The van der Waals surface area contributed by atoms with Crippen LogP contribution in [0.3, 0.4) is 0 Å². The lowest BCUT2D eigenvalue weighted by atomic mass is 10.2. The summed E-state index contributed by atoms with van der Waals surface area (Å²) in [4.78, 5) is 1.40. The Kier molecular flexibility index (Phi) is 3.21. The lowest BCUT2D eigenvalue weighted by molar-refractivity contribution is 0.179. The predicted octanol–water partition coefficient (Wildman–Crippen LogP) is 2.06. The van der Waals surface area contributed by atoms with Crippen molar-refractivity contribution in [2.75, 3.05) is 0 Å². The fraction of sp³-hybridized carbons (Fsp3) is 0.636. The summed E-state index contributed by atoms with van der Waals surface area (Å²) in [6, 6.07) is 2.70. The van der Waals surface area contributed by atoms with Crippen LogP contribution in [0, 0.1) is 6.92 Å². The Bertz CT molecular complexity index is 297. The van der Waals surface area contributed by atoms with Gasteiger partial charge in [-0.15, -0.1) is 11.3 Å². The maximum atomic E-state index is 9.37. The smallest absolute Gasteiger partial charge is 0.0555 e. The zero-order chi connectivity index (χ0) is 9.97. The van der Waals surface area contributed by atoms with Crippen molar-refractivity contribution in [3.8, 4) is 0 Å². The minimum atomic E-state index is -0.0731. The molecule has 0 aromatic carbocycles. The number of aryl methyl sites for hydroxylation is 1. The van der Waals surface area contributed by atoms with Gasteiger partial charge in [-0.3, -0.25) is 0 Å². The predicted molar refractivity (Wildman–Crippen MR) is 59.5 cm³/mol. The maximum absolute atomic E-state index is 9.37. The van der Waals surface area contributed by atoms with Gasteiger partial charge in [0.15, 0.2) is 0 Å². The summed E-state index contributed by atoms with van der Waals surface area (Å²) < 4.78 is 0. The molecule has 0 amide bonds. The van der Waals surface area contributed by atoms with Gasteiger partial charge in [0.05, 0.1) is 6.10 Å². The van der Waals surface area contributed by atoms with Crippen LogP contribution in [-0.2, 0) is 6.54 Å². The molecule has 0 aliphatic heterocycles. The van der Waals surface area contributed by atoms with Gasteiger partial charge in [0.1, 0.15) is 0 Å². The molecule has 1 aliphatic rings. The van der Waals surface area contributed by atoms with E-state index in [1.807, 2.05) is 0 Å². The van der Waals surface area contributed by atoms with E-state index in [0.29, 0.717) is 6.04 Å². The molecule has 0 radical (unpaired) electrons. The third-order valence-electron chi connectivity index (χ3n) is 2.95. The van der Waals surface area contributed by atoms with Gasteiger partial charge in [0, 0.05) is 17.5 Å². The Morgan fingerprint density at radius 2 is 2.43 bits per heavy atom. The second-order valence-corrected chi connectivity index (χ2v) is 5.17. The molecule has 1 saturated carbocycles. The fourth-order valence-electron chi connectivity index (χ4n) is 1.99. The molecule has 1 heterocycles. The summed E-state index contributed by atoms with van der Waals surface area (Å²) in [5.41, 5.74) is 1.40. The van der Waals surface area contributed by atoms with Crippen LogP contribution in [0.1, 0.15) is 29.7 Å². The van der Waals surface area contributed by atoms with Crippen molar-refractivity contribution in [2.45, 2.75) is 44.9 Å². The quantitative estimate of drug-likeness (QED) is 0.802. The Hall–Kier alpha value is -0.380. The molecule has 1 aromatic rings. The van der Waals surface area contributed by atoms with Crippen molar-refractivity contribution < 1.29 is 5.11 Å². The van der Waals surface area contributed by atoms with Crippen LogP contribution in [-0.4, -0.2) is 17.3 Å². The van der Waals surface area contributed by atoms with E-state index in [2.05, 4.69) is 23.7 Å². The van der Waals surface area contributed by atoms with E-state index in [9.17, 15) is 5.11 Å². The highest BCUT2D eigenvalue weighted by Gasteiger charge is 2.21. The van der Waals surface area contributed by atoms with Crippen molar-refractivity contribution in [1.29, 1.82) is 0 Å². The van der Waals surface area contributed by atoms with Gasteiger partial charge in [-0.25, -0.2) is 0 Å². The SMILES string of the molecule is Cc1sccc1CN[C@H]1CC[C@@H](O)C1. The number of thiophene rings is 1. The molecular weight excluding hydrogens is 194 g/mol. The summed E-state index contributed by atoms with van der Waals surface area (Å²) in [7, 11) is 0. The first-order valence-electron chi connectivity index (χ1n) is 5.20. The number of rotatable bonds is 3. The topological polar surface area (TPSA) is 32.3 Å². The molecule has 2 N–H and O–H groups in total. The summed E-state index contributed by atoms with van der Waals surface area (Å²) in [5, 5.41) is 15.0. The molecule has 0 bridgehead atoms. The number of nitrogens with one attached hydrogen (secondary N) is 1. The van der Waals surface area contributed by atoms with Gasteiger partial charge < -0.3 is 10.4 Å². The molecule has 1 aromatic heterocycles. The number of aliphatic hydroxyl groups excluding tert-OH is 1. The third-order valence-corrected chi connectivity index (χ3v) is 3.84. The van der Waals surface area contributed by atoms with E-state index in [4.69, 9.17) is 0 Å². The van der Waals surface area contributed by atoms with Crippen LogP contribution < -0.4 is 5.32 Å². The largest absolute Gasteiger partial charge is 0.393 e. The summed E-state index contributed by atoms with van der Waals surface area (Å²) in [5.74, 6) is 0. The fourth-order valence-corrected chi connectivity index (χ4v) is 2.72. The van der Waals surface area contributed by atoms with Gasteiger partial charge in [0.2, 0.25) is 0 Å². The Morgan fingerprint density at radius 3 is 3.00 bits per heavy atom. The highest BCUT2D eigenvalue weighted by Crippen LogP contribution is 2.20. The number of hydrogen-bond donors (Lipinski definition) is 2. The highest BCUT2D eigenvalue weighted by atomic mass is 32.1. The van der Waals surface area contributed by atoms with Crippen molar-refractivity contribution in [2.24, 2.45) is 0 Å². The van der Waals surface area contributed by atoms with Crippen LogP contribution in [0.15, 0.2) is 11.4 Å². The van der Waals surface area contributed by atoms with E-state index in [1.54, 1.807) is 11.3 Å². The van der Waals surface area contributed by atoms with Crippen molar-refractivity contribution in [3.63, 3.8) is 0 Å². The first-order valence-corrected chi connectivity index (χ1v) is 6.08. The molecule has 2 rings (SSSR count). The van der Waals surface area contributed by atoms with Crippen molar-refractivity contribution in [3.05, 3.63) is 21.9 Å². The zero-order valence-corrected chi connectivity index (χ0v) is 9.31. The second-order valence-electron chi connectivity index (χ2n) is 4.05. The Morgan fingerprint density at radius 1 is 1.57 bits per heavy atom. The molecule has 2 atom stereocenters. The van der Waals surface area contributed by atoms with E-state index in [-0.39, 0.29) is 6.10 Å². The highest BCUT2D eigenvalue weighted by molar-refractivity contribution is 7.10. The molecule has 0 spiro atoms. The van der Waals surface area contributed by atoms with Gasteiger partial charge in [-0.2, -0.15) is 0 Å². The summed E-state index contributed by atoms with van der Waals surface area (Å²) >= 11 is 1.80.